The lowest BCUT2D eigenvalue weighted by molar-refractivity contribution is -0.128. The molecule has 2 atom stereocenters. The number of rotatable bonds is 8. The molecule has 19 heavy (non-hydrogen) atoms. The first kappa shape index (κ1) is 16.4. The third-order valence-corrected chi connectivity index (χ3v) is 3.94. The molecule has 1 aliphatic rings. The molecule has 0 aromatic rings. The van der Waals surface area contributed by atoms with Crippen LogP contribution in [0, 0.1) is 5.92 Å². The van der Waals surface area contributed by atoms with Gasteiger partial charge < -0.3 is 15.8 Å². The summed E-state index contributed by atoms with van der Waals surface area (Å²) >= 11 is 0. The van der Waals surface area contributed by atoms with Crippen molar-refractivity contribution in [3.05, 3.63) is 0 Å². The van der Waals surface area contributed by atoms with E-state index in [9.17, 15) is 4.79 Å². The van der Waals surface area contributed by atoms with E-state index in [1.54, 1.807) is 0 Å². The second-order valence-corrected chi connectivity index (χ2v) is 6.14. The smallest absolute Gasteiger partial charge is 0.237 e. The first-order valence-electron chi connectivity index (χ1n) is 7.66. The normalized spacial score (nSPS) is 27.7. The molecule has 1 saturated carbocycles. The van der Waals surface area contributed by atoms with E-state index in [-0.39, 0.29) is 12.0 Å². The van der Waals surface area contributed by atoms with E-state index in [0.29, 0.717) is 5.92 Å². The predicted octanol–water partition coefficient (Wildman–Crippen LogP) is 2.22. The van der Waals surface area contributed by atoms with Crippen LogP contribution in [0.15, 0.2) is 0 Å². The van der Waals surface area contributed by atoms with Gasteiger partial charge in [0.2, 0.25) is 5.91 Å². The summed E-state index contributed by atoms with van der Waals surface area (Å²) in [6.07, 6.45) is 5.86. The van der Waals surface area contributed by atoms with Gasteiger partial charge in [-0.3, -0.25) is 4.79 Å². The van der Waals surface area contributed by atoms with E-state index < -0.39 is 5.54 Å². The van der Waals surface area contributed by atoms with Gasteiger partial charge in [0.25, 0.3) is 0 Å². The lowest BCUT2D eigenvalue weighted by Gasteiger charge is -2.39. The third kappa shape index (κ3) is 5.11. The zero-order valence-electron chi connectivity index (χ0n) is 12.7. The van der Waals surface area contributed by atoms with Crippen LogP contribution in [-0.2, 0) is 9.53 Å². The summed E-state index contributed by atoms with van der Waals surface area (Å²) < 4.78 is 5.93. The second-order valence-electron chi connectivity index (χ2n) is 6.14. The van der Waals surface area contributed by atoms with Crippen molar-refractivity contribution < 1.29 is 9.53 Å². The molecule has 4 heteroatoms. The minimum absolute atomic E-state index is 0.171. The highest BCUT2D eigenvalue weighted by molar-refractivity contribution is 5.84. The van der Waals surface area contributed by atoms with Crippen LogP contribution in [0.3, 0.4) is 0 Å². The molecule has 0 heterocycles. The van der Waals surface area contributed by atoms with Gasteiger partial charge in [0.1, 0.15) is 5.54 Å². The number of carbonyl (C=O) groups excluding carboxylic acids is 1. The van der Waals surface area contributed by atoms with Gasteiger partial charge in [-0.2, -0.15) is 0 Å². The molecular weight excluding hydrogens is 240 g/mol. The van der Waals surface area contributed by atoms with Crippen molar-refractivity contribution in [2.24, 2.45) is 11.7 Å². The fourth-order valence-corrected chi connectivity index (χ4v) is 2.67. The molecule has 0 saturated heterocycles. The second kappa shape index (κ2) is 7.85. The van der Waals surface area contributed by atoms with Crippen LogP contribution >= 0.6 is 0 Å². The number of hydrogen-bond acceptors (Lipinski definition) is 3. The van der Waals surface area contributed by atoms with Crippen LogP contribution in [-0.4, -0.2) is 30.7 Å². The summed E-state index contributed by atoms with van der Waals surface area (Å²) in [7, 11) is 0. The van der Waals surface area contributed by atoms with Crippen LogP contribution in [0.4, 0.5) is 0 Å². The Balaban J connectivity index is 2.51. The summed E-state index contributed by atoms with van der Waals surface area (Å²) in [5, 5.41) is 3.36. The fraction of sp³-hybridized carbons (Fsp3) is 0.933. The van der Waals surface area contributed by atoms with E-state index in [2.05, 4.69) is 26.1 Å². The molecule has 0 aromatic carbocycles. The highest BCUT2D eigenvalue weighted by atomic mass is 16.5. The molecule has 0 spiro atoms. The van der Waals surface area contributed by atoms with E-state index in [4.69, 9.17) is 10.5 Å². The lowest BCUT2D eigenvalue weighted by atomic mass is 9.79. The van der Waals surface area contributed by atoms with E-state index in [1.165, 1.54) is 0 Å². The van der Waals surface area contributed by atoms with Crippen LogP contribution < -0.4 is 11.1 Å². The molecular formula is C15H30N2O2. The lowest BCUT2D eigenvalue weighted by Crippen LogP contribution is -2.59. The van der Waals surface area contributed by atoms with Crippen molar-refractivity contribution in [3.8, 4) is 0 Å². The summed E-state index contributed by atoms with van der Waals surface area (Å²) in [6, 6.07) is 0. The van der Waals surface area contributed by atoms with Crippen molar-refractivity contribution in [1.82, 2.24) is 5.32 Å². The number of primary amides is 1. The molecule has 1 amide bonds. The zero-order chi connectivity index (χ0) is 14.3. The van der Waals surface area contributed by atoms with Gasteiger partial charge in [-0.15, -0.1) is 0 Å². The molecule has 3 N–H and O–H groups in total. The number of nitrogens with one attached hydrogen (secondary N) is 1. The van der Waals surface area contributed by atoms with Crippen LogP contribution in [0.5, 0.6) is 0 Å². The fourth-order valence-electron chi connectivity index (χ4n) is 2.67. The Labute approximate surface area is 117 Å². The number of amides is 1. The first-order valence-corrected chi connectivity index (χ1v) is 7.66. The minimum atomic E-state index is -0.545. The predicted molar refractivity (Wildman–Crippen MR) is 77.9 cm³/mol. The summed E-state index contributed by atoms with van der Waals surface area (Å²) in [5.41, 5.74) is 5.08. The number of nitrogens with two attached hydrogens (primary N) is 1. The Bertz CT molecular complexity index is 281. The zero-order valence-corrected chi connectivity index (χ0v) is 12.7. The maximum absolute atomic E-state index is 11.8. The van der Waals surface area contributed by atoms with Gasteiger partial charge in [0, 0.05) is 13.0 Å². The van der Waals surface area contributed by atoms with Gasteiger partial charge >= 0.3 is 0 Å². The molecule has 0 aliphatic heterocycles. The van der Waals surface area contributed by atoms with E-state index in [0.717, 1.165) is 51.7 Å². The van der Waals surface area contributed by atoms with Crippen LogP contribution in [0.1, 0.15) is 59.3 Å². The van der Waals surface area contributed by atoms with E-state index in [1.807, 2.05) is 0 Å². The highest BCUT2D eigenvalue weighted by Crippen LogP contribution is 2.30. The number of carbonyl (C=O) groups is 1. The SMILES string of the molecule is CCCNC1(C(N)=O)CCCC(OCCC(C)C)C1. The monoisotopic (exact) mass is 270 g/mol. The Morgan fingerprint density at radius 1 is 1.53 bits per heavy atom. The van der Waals surface area contributed by atoms with Crippen LogP contribution in [0.25, 0.3) is 0 Å². The first-order chi connectivity index (χ1) is 9.00. The average molecular weight is 270 g/mol. The molecule has 112 valence electrons. The summed E-state index contributed by atoms with van der Waals surface area (Å²) in [6.45, 7) is 8.11. The Morgan fingerprint density at radius 3 is 2.84 bits per heavy atom. The van der Waals surface area contributed by atoms with Crippen molar-refractivity contribution in [2.45, 2.75) is 70.9 Å². The topological polar surface area (TPSA) is 64.3 Å². The number of ether oxygens (including phenoxy) is 1. The Morgan fingerprint density at radius 2 is 2.26 bits per heavy atom. The molecule has 1 aliphatic carbocycles. The van der Waals surface area contributed by atoms with Crippen molar-refractivity contribution in [2.75, 3.05) is 13.2 Å². The molecule has 2 unspecified atom stereocenters. The Kier molecular flexibility index (Phi) is 6.80. The van der Waals surface area contributed by atoms with Crippen molar-refractivity contribution in [3.63, 3.8) is 0 Å². The molecule has 4 nitrogen and oxygen atoms in total. The summed E-state index contributed by atoms with van der Waals surface area (Å²) in [5.74, 6) is 0.431. The maximum Gasteiger partial charge on any atom is 0.237 e. The van der Waals surface area contributed by atoms with E-state index >= 15 is 0 Å². The largest absolute Gasteiger partial charge is 0.378 e. The average Bonchev–Trinajstić information content (AvgIpc) is 2.36. The molecule has 0 bridgehead atoms. The van der Waals surface area contributed by atoms with Gasteiger partial charge in [-0.25, -0.2) is 0 Å². The summed E-state index contributed by atoms with van der Waals surface area (Å²) in [4.78, 5) is 11.8. The standard InChI is InChI=1S/C15H30N2O2/c1-4-9-17-15(14(16)18)8-5-6-13(11-15)19-10-7-12(2)3/h12-13,17H,4-11H2,1-3H3,(H2,16,18). The van der Waals surface area contributed by atoms with Gasteiger partial charge in [-0.05, 0) is 44.6 Å². The van der Waals surface area contributed by atoms with Gasteiger partial charge in [0.15, 0.2) is 0 Å². The molecule has 0 radical (unpaired) electrons. The quantitative estimate of drug-likeness (QED) is 0.711. The van der Waals surface area contributed by atoms with Crippen molar-refractivity contribution in [1.29, 1.82) is 0 Å². The minimum Gasteiger partial charge on any atom is -0.378 e. The molecule has 1 fully saturated rings. The maximum atomic E-state index is 11.8. The van der Waals surface area contributed by atoms with Gasteiger partial charge in [-0.1, -0.05) is 20.8 Å². The molecule has 1 rings (SSSR count). The van der Waals surface area contributed by atoms with Gasteiger partial charge in [0.05, 0.1) is 6.10 Å². The highest BCUT2D eigenvalue weighted by Gasteiger charge is 2.41. The Hall–Kier alpha value is -0.610. The number of hydrogen-bond donors (Lipinski definition) is 2. The van der Waals surface area contributed by atoms with Crippen molar-refractivity contribution >= 4 is 5.91 Å². The third-order valence-electron chi connectivity index (χ3n) is 3.94. The molecule has 0 aromatic heterocycles. The van der Waals surface area contributed by atoms with Crippen LogP contribution in [0.2, 0.25) is 0 Å².